The molecule has 7 nitrogen and oxygen atoms in total. The Balaban J connectivity index is 1.49. The molecule has 0 radical (unpaired) electrons. The Bertz CT molecular complexity index is 878. The van der Waals surface area contributed by atoms with Gasteiger partial charge in [0.15, 0.2) is 11.0 Å². The number of fused-ring (bicyclic) bond motifs is 1. The topological polar surface area (TPSA) is 86.1 Å². The van der Waals surface area contributed by atoms with Gasteiger partial charge in [0.25, 0.3) is 0 Å². The Morgan fingerprint density at radius 3 is 2.97 bits per heavy atom. The average molecular weight is 451 g/mol. The Labute approximate surface area is 186 Å². The van der Waals surface area contributed by atoms with Crippen molar-refractivity contribution in [2.45, 2.75) is 57.5 Å². The molecule has 0 saturated heterocycles. The number of carbonyl (C=O) groups excluding carboxylic acids is 2. The van der Waals surface area contributed by atoms with Crippen molar-refractivity contribution >= 4 is 35.0 Å². The van der Waals surface area contributed by atoms with E-state index in [4.69, 9.17) is 4.74 Å². The number of aromatic nitrogens is 3. The minimum atomic E-state index is -0.229. The highest BCUT2D eigenvalue weighted by Crippen LogP contribution is 2.37. The zero-order valence-corrected chi connectivity index (χ0v) is 19.5. The van der Waals surface area contributed by atoms with Gasteiger partial charge in [-0.05, 0) is 50.2 Å². The smallest absolute Gasteiger partial charge is 0.305 e. The Morgan fingerprint density at radius 2 is 2.20 bits per heavy atom. The van der Waals surface area contributed by atoms with Gasteiger partial charge < -0.3 is 14.6 Å². The summed E-state index contributed by atoms with van der Waals surface area (Å²) in [6, 6.07) is 2.27. The highest BCUT2D eigenvalue weighted by Gasteiger charge is 2.22. The van der Waals surface area contributed by atoms with Crippen molar-refractivity contribution < 1.29 is 14.3 Å². The second-order valence-corrected chi connectivity index (χ2v) is 9.57. The van der Waals surface area contributed by atoms with Gasteiger partial charge in [0.2, 0.25) is 5.91 Å². The molecule has 2 heterocycles. The second kappa shape index (κ2) is 10.9. The summed E-state index contributed by atoms with van der Waals surface area (Å²) in [5, 5.41) is 12.2. The Kier molecular flexibility index (Phi) is 8.32. The van der Waals surface area contributed by atoms with Gasteiger partial charge >= 0.3 is 5.97 Å². The van der Waals surface area contributed by atoms with E-state index in [1.807, 2.05) is 23.0 Å². The summed E-state index contributed by atoms with van der Waals surface area (Å²) in [4.78, 5) is 26.0. The largest absolute Gasteiger partial charge is 0.466 e. The molecular weight excluding hydrogens is 420 g/mol. The van der Waals surface area contributed by atoms with Gasteiger partial charge in [-0.3, -0.25) is 9.59 Å². The second-order valence-electron chi connectivity index (χ2n) is 7.49. The quantitative estimate of drug-likeness (QED) is 0.338. The fourth-order valence-corrected chi connectivity index (χ4v) is 5.56. The van der Waals surface area contributed by atoms with Crippen molar-refractivity contribution in [2.24, 2.45) is 13.0 Å². The number of carbonyl (C=O) groups is 2. The van der Waals surface area contributed by atoms with E-state index >= 15 is 0 Å². The molecule has 0 aromatic carbocycles. The van der Waals surface area contributed by atoms with Crippen LogP contribution in [0, 0.1) is 5.92 Å². The summed E-state index contributed by atoms with van der Waals surface area (Å²) < 4.78 is 6.84. The van der Waals surface area contributed by atoms with Gasteiger partial charge in [0.05, 0.1) is 17.2 Å². The maximum Gasteiger partial charge on any atom is 0.305 e. The number of nitrogens with zero attached hydrogens (tertiary/aromatic N) is 3. The molecular formula is C21H30N4O3S2. The van der Waals surface area contributed by atoms with Gasteiger partial charge in [-0.15, -0.1) is 21.5 Å². The summed E-state index contributed by atoms with van der Waals surface area (Å²) >= 11 is 3.19. The minimum Gasteiger partial charge on any atom is -0.466 e. The van der Waals surface area contributed by atoms with E-state index in [0.717, 1.165) is 34.6 Å². The van der Waals surface area contributed by atoms with Crippen molar-refractivity contribution in [1.29, 1.82) is 0 Å². The lowest BCUT2D eigenvalue weighted by atomic mass is 9.87. The standard InChI is InChI=1S/C21H30N4O3S2/c1-4-14-8-9-16-15(11-14)12-17(30-16)20-23-24-21(25(20)3)29-13-18(26)22-10-6-7-19(27)28-5-2/h12,14H,4-11,13H2,1-3H3,(H,22,26)/t14-/m0/s1. The summed E-state index contributed by atoms with van der Waals surface area (Å²) in [6.07, 6.45) is 5.73. The number of hydrogen-bond donors (Lipinski definition) is 1. The lowest BCUT2D eigenvalue weighted by Gasteiger charge is -2.19. The summed E-state index contributed by atoms with van der Waals surface area (Å²) in [6.45, 7) is 4.89. The third kappa shape index (κ3) is 5.85. The number of rotatable bonds is 10. The van der Waals surface area contributed by atoms with Crippen molar-refractivity contribution in [3.05, 3.63) is 16.5 Å². The number of ether oxygens (including phenoxy) is 1. The molecule has 1 atom stereocenters. The molecule has 0 spiro atoms. The van der Waals surface area contributed by atoms with Crippen LogP contribution < -0.4 is 5.32 Å². The molecule has 30 heavy (non-hydrogen) atoms. The summed E-state index contributed by atoms with van der Waals surface area (Å²) in [5.41, 5.74) is 1.47. The number of amides is 1. The van der Waals surface area contributed by atoms with Gasteiger partial charge in [-0.1, -0.05) is 25.1 Å². The molecule has 0 fully saturated rings. The van der Waals surface area contributed by atoms with E-state index in [1.54, 1.807) is 6.92 Å². The molecule has 0 aliphatic heterocycles. The predicted molar refractivity (Wildman–Crippen MR) is 120 cm³/mol. The third-order valence-corrected chi connectivity index (χ3v) is 7.59. The maximum absolute atomic E-state index is 12.1. The molecule has 0 unspecified atom stereocenters. The van der Waals surface area contributed by atoms with Crippen LogP contribution in [-0.4, -0.2) is 45.5 Å². The highest BCUT2D eigenvalue weighted by molar-refractivity contribution is 7.99. The van der Waals surface area contributed by atoms with Crippen LogP contribution in [0.4, 0.5) is 0 Å². The van der Waals surface area contributed by atoms with E-state index in [1.165, 1.54) is 35.0 Å². The van der Waals surface area contributed by atoms with Gasteiger partial charge in [0, 0.05) is 24.9 Å². The first-order valence-electron chi connectivity index (χ1n) is 10.6. The third-order valence-electron chi connectivity index (χ3n) is 5.34. The van der Waals surface area contributed by atoms with E-state index in [0.29, 0.717) is 26.0 Å². The molecule has 1 N–H and O–H groups in total. The van der Waals surface area contributed by atoms with Gasteiger partial charge in [0.1, 0.15) is 0 Å². The van der Waals surface area contributed by atoms with Gasteiger partial charge in [-0.2, -0.15) is 0 Å². The lowest BCUT2D eigenvalue weighted by Crippen LogP contribution is -2.26. The van der Waals surface area contributed by atoms with Crippen molar-refractivity contribution in [2.75, 3.05) is 18.9 Å². The van der Waals surface area contributed by atoms with Crippen molar-refractivity contribution in [1.82, 2.24) is 20.1 Å². The van der Waals surface area contributed by atoms with Crippen LogP contribution in [0.1, 0.15) is 50.0 Å². The fraction of sp³-hybridized carbons (Fsp3) is 0.619. The van der Waals surface area contributed by atoms with Crippen LogP contribution in [0.5, 0.6) is 0 Å². The first-order valence-corrected chi connectivity index (χ1v) is 12.4. The first kappa shape index (κ1) is 22.8. The fourth-order valence-electron chi connectivity index (χ4n) is 3.59. The van der Waals surface area contributed by atoms with E-state index in [9.17, 15) is 9.59 Å². The van der Waals surface area contributed by atoms with E-state index < -0.39 is 0 Å². The molecule has 0 bridgehead atoms. The lowest BCUT2D eigenvalue weighted by molar-refractivity contribution is -0.143. The molecule has 1 amide bonds. The molecule has 1 aliphatic rings. The molecule has 9 heteroatoms. The molecule has 2 aromatic heterocycles. The van der Waals surface area contributed by atoms with Crippen LogP contribution in [-0.2, 0) is 34.2 Å². The number of esters is 1. The minimum absolute atomic E-state index is 0.0781. The highest BCUT2D eigenvalue weighted by atomic mass is 32.2. The Morgan fingerprint density at radius 1 is 1.37 bits per heavy atom. The molecule has 164 valence electrons. The Hall–Kier alpha value is -1.87. The molecule has 3 rings (SSSR count). The monoisotopic (exact) mass is 450 g/mol. The molecule has 0 saturated carbocycles. The first-order chi connectivity index (χ1) is 14.5. The van der Waals surface area contributed by atoms with Crippen LogP contribution >= 0.6 is 23.1 Å². The van der Waals surface area contributed by atoms with Crippen LogP contribution in [0.3, 0.4) is 0 Å². The van der Waals surface area contributed by atoms with Crippen LogP contribution in [0.2, 0.25) is 0 Å². The zero-order valence-electron chi connectivity index (χ0n) is 17.9. The molecule has 2 aromatic rings. The van der Waals surface area contributed by atoms with Crippen LogP contribution in [0.15, 0.2) is 11.2 Å². The number of thiophene rings is 1. The maximum atomic E-state index is 12.1. The van der Waals surface area contributed by atoms with E-state index in [-0.39, 0.29) is 17.6 Å². The van der Waals surface area contributed by atoms with E-state index in [2.05, 4.69) is 28.5 Å². The predicted octanol–water partition coefficient (Wildman–Crippen LogP) is 3.61. The average Bonchev–Trinajstić information content (AvgIpc) is 3.32. The summed E-state index contributed by atoms with van der Waals surface area (Å²) in [7, 11) is 1.95. The number of nitrogens with one attached hydrogen (secondary N) is 1. The zero-order chi connectivity index (χ0) is 21.5. The summed E-state index contributed by atoms with van der Waals surface area (Å²) in [5.74, 6) is 1.62. The SMILES string of the molecule is CCOC(=O)CCCNC(=O)CSc1nnc(-c2cc3c(s2)CC[C@H](CC)C3)n1C. The number of hydrogen-bond acceptors (Lipinski definition) is 7. The van der Waals surface area contributed by atoms with Crippen LogP contribution in [0.25, 0.3) is 10.7 Å². The van der Waals surface area contributed by atoms with Crippen molar-refractivity contribution in [3.63, 3.8) is 0 Å². The van der Waals surface area contributed by atoms with Gasteiger partial charge in [-0.25, -0.2) is 0 Å². The molecule has 1 aliphatic carbocycles. The normalized spacial score (nSPS) is 15.6. The number of aryl methyl sites for hydroxylation is 1. The van der Waals surface area contributed by atoms with Crippen molar-refractivity contribution in [3.8, 4) is 10.7 Å². The number of thioether (sulfide) groups is 1.